The van der Waals surface area contributed by atoms with Gasteiger partial charge in [-0.1, -0.05) is 43.6 Å². The van der Waals surface area contributed by atoms with E-state index in [1.807, 2.05) is 27.7 Å². The molecule has 1 atom stereocenters. The topological polar surface area (TPSA) is 140 Å². The Morgan fingerprint density at radius 1 is 1.11 bits per heavy atom. The Kier molecular flexibility index (Phi) is 6.73. The lowest BCUT2D eigenvalue weighted by atomic mass is 10.1. The van der Waals surface area contributed by atoms with Crippen LogP contribution in [0, 0.1) is 12.8 Å². The maximum Gasteiger partial charge on any atom is 0.316 e. The second-order valence-electron chi connectivity index (χ2n) is 8.76. The molecule has 0 fully saturated rings. The van der Waals surface area contributed by atoms with Crippen LogP contribution < -0.4 is 15.8 Å². The molecule has 10 nitrogen and oxygen atoms in total. The third-order valence-electron chi connectivity index (χ3n) is 5.67. The van der Waals surface area contributed by atoms with Crippen LogP contribution in [-0.2, 0) is 16.6 Å². The van der Waals surface area contributed by atoms with Gasteiger partial charge in [-0.25, -0.2) is 8.42 Å². The lowest BCUT2D eigenvalue weighted by Gasteiger charge is -2.18. The van der Waals surface area contributed by atoms with Crippen LogP contribution in [0.4, 0.5) is 0 Å². The molecule has 35 heavy (non-hydrogen) atoms. The molecule has 0 amide bonds. The number of H-pyrrole nitrogens is 1. The lowest BCUT2D eigenvalue weighted by molar-refractivity contribution is 0.311. The average molecular weight is 498 g/mol. The summed E-state index contributed by atoms with van der Waals surface area (Å²) in [4.78, 5) is 31.5. The number of aryl methyl sites for hydroxylation is 2. The Bertz CT molecular complexity index is 1580. The van der Waals surface area contributed by atoms with Crippen molar-refractivity contribution in [2.24, 2.45) is 5.92 Å². The highest BCUT2D eigenvalue weighted by Gasteiger charge is 2.29. The first-order valence-electron chi connectivity index (χ1n) is 11.3. The predicted octanol–water partition coefficient (Wildman–Crippen LogP) is 3.13. The second kappa shape index (κ2) is 9.59. The third-order valence-corrected chi connectivity index (χ3v) is 7.13. The monoisotopic (exact) mass is 497 g/mol. The van der Waals surface area contributed by atoms with Crippen LogP contribution in [-0.4, -0.2) is 28.1 Å². The van der Waals surface area contributed by atoms with Crippen LogP contribution in [0.2, 0.25) is 0 Å². The first kappa shape index (κ1) is 24.6. The number of benzene rings is 2. The molecule has 0 aliphatic heterocycles. The molecule has 184 valence electrons. The van der Waals surface area contributed by atoms with Crippen molar-refractivity contribution >= 4 is 21.1 Å². The van der Waals surface area contributed by atoms with Crippen LogP contribution in [0.3, 0.4) is 0 Å². The van der Waals surface area contributed by atoms with E-state index in [2.05, 4.69) is 19.8 Å². The minimum absolute atomic E-state index is 0.121. The summed E-state index contributed by atoms with van der Waals surface area (Å²) in [6.45, 7) is 7.92. The molecule has 0 saturated heterocycles. The van der Waals surface area contributed by atoms with Gasteiger partial charge in [-0.3, -0.25) is 9.59 Å². The van der Waals surface area contributed by atoms with Gasteiger partial charge in [0.25, 0.3) is 0 Å². The highest BCUT2D eigenvalue weighted by Crippen LogP contribution is 2.27. The fraction of sp³-hybridized carbons (Fsp3) is 0.333. The van der Waals surface area contributed by atoms with Gasteiger partial charge >= 0.3 is 11.1 Å². The molecule has 0 spiro atoms. The van der Waals surface area contributed by atoms with Crippen LogP contribution >= 0.6 is 0 Å². The van der Waals surface area contributed by atoms with Gasteiger partial charge in [0.1, 0.15) is 6.04 Å². The summed E-state index contributed by atoms with van der Waals surface area (Å²) >= 11 is 0. The minimum atomic E-state index is -3.82. The molecule has 2 aromatic carbocycles. The molecule has 4 rings (SSSR count). The van der Waals surface area contributed by atoms with E-state index < -0.39 is 27.2 Å². The average Bonchev–Trinajstić information content (AvgIpc) is 3.30. The smallest absolute Gasteiger partial charge is 0.316 e. The van der Waals surface area contributed by atoms with E-state index in [0.717, 1.165) is 5.56 Å². The van der Waals surface area contributed by atoms with Crippen molar-refractivity contribution in [3.05, 3.63) is 74.6 Å². The van der Waals surface area contributed by atoms with Crippen molar-refractivity contribution in [2.45, 2.75) is 51.6 Å². The predicted molar refractivity (Wildman–Crippen MR) is 131 cm³/mol. The summed E-state index contributed by atoms with van der Waals surface area (Å²) in [5.41, 5.74) is 1.25. The largest absolute Gasteiger partial charge is 0.337 e. The summed E-state index contributed by atoms with van der Waals surface area (Å²) in [7, 11) is -3.82. The van der Waals surface area contributed by atoms with Crippen LogP contribution in [0.15, 0.2) is 61.5 Å². The normalized spacial score (nSPS) is 12.9. The number of aromatic amines is 1. The molecule has 4 aromatic rings. The van der Waals surface area contributed by atoms with E-state index >= 15 is 0 Å². The van der Waals surface area contributed by atoms with Gasteiger partial charge < -0.3 is 14.1 Å². The Morgan fingerprint density at radius 3 is 2.49 bits per heavy atom. The molecular weight excluding hydrogens is 470 g/mol. The lowest BCUT2D eigenvalue weighted by Crippen LogP contribution is -2.36. The van der Waals surface area contributed by atoms with Gasteiger partial charge in [-0.05, 0) is 49.6 Å². The molecule has 0 bridgehead atoms. The van der Waals surface area contributed by atoms with Gasteiger partial charge in [0, 0.05) is 12.1 Å². The van der Waals surface area contributed by atoms with Gasteiger partial charge in [0.15, 0.2) is 0 Å². The number of rotatable bonds is 8. The minimum Gasteiger partial charge on any atom is -0.337 e. The van der Waals surface area contributed by atoms with Crippen LogP contribution in [0.5, 0.6) is 0 Å². The van der Waals surface area contributed by atoms with Crippen LogP contribution in [0.1, 0.15) is 44.7 Å². The number of nitrogens with one attached hydrogen (secondary N) is 2. The van der Waals surface area contributed by atoms with E-state index in [1.165, 1.54) is 4.57 Å². The van der Waals surface area contributed by atoms with Crippen molar-refractivity contribution in [3.8, 4) is 11.4 Å². The summed E-state index contributed by atoms with van der Waals surface area (Å²) in [5.74, 6) is 0.173. The fourth-order valence-corrected chi connectivity index (χ4v) is 5.10. The fourth-order valence-electron chi connectivity index (χ4n) is 3.77. The van der Waals surface area contributed by atoms with E-state index in [9.17, 15) is 18.0 Å². The standard InChI is InChI=1S/C24H27N5O5S/c1-5-12-29-19-11-8-16(13-18(19)25-22(30)24(29)31)21-26-23(34-27-21)20(14(2)3)28-35(32,33)17-9-6-15(4)7-10-17/h6-11,13-14,20,28H,5,12H2,1-4H3,(H,25,30)/t20-/m0/s1. The van der Waals surface area contributed by atoms with Crippen molar-refractivity contribution in [1.29, 1.82) is 0 Å². The molecule has 11 heteroatoms. The maximum atomic E-state index is 12.9. The molecule has 2 heterocycles. The highest BCUT2D eigenvalue weighted by molar-refractivity contribution is 7.89. The summed E-state index contributed by atoms with van der Waals surface area (Å²) in [6.07, 6.45) is 0.698. The Labute approximate surface area is 202 Å². The zero-order valence-electron chi connectivity index (χ0n) is 19.9. The molecule has 0 unspecified atom stereocenters. The zero-order chi connectivity index (χ0) is 25.3. The zero-order valence-corrected chi connectivity index (χ0v) is 20.7. The number of aromatic nitrogens is 4. The summed E-state index contributed by atoms with van der Waals surface area (Å²) in [6, 6.07) is 10.9. The second-order valence-corrected chi connectivity index (χ2v) is 10.5. The molecule has 0 aliphatic rings. The third kappa shape index (κ3) is 4.96. The molecule has 0 aliphatic carbocycles. The Balaban J connectivity index is 1.68. The molecule has 0 radical (unpaired) electrons. The number of hydrogen-bond acceptors (Lipinski definition) is 7. The van der Waals surface area contributed by atoms with E-state index in [4.69, 9.17) is 4.52 Å². The van der Waals surface area contributed by atoms with Gasteiger partial charge in [0.05, 0.1) is 15.9 Å². The van der Waals surface area contributed by atoms with Gasteiger partial charge in [0.2, 0.25) is 21.7 Å². The molecule has 2 aromatic heterocycles. The van der Waals surface area contributed by atoms with Crippen molar-refractivity contribution in [3.63, 3.8) is 0 Å². The Hall–Kier alpha value is -3.57. The van der Waals surface area contributed by atoms with Gasteiger partial charge in [-0.2, -0.15) is 9.71 Å². The number of nitrogens with zero attached hydrogens (tertiary/aromatic N) is 3. The Morgan fingerprint density at radius 2 is 1.83 bits per heavy atom. The van der Waals surface area contributed by atoms with E-state index in [0.29, 0.717) is 29.6 Å². The van der Waals surface area contributed by atoms with Crippen molar-refractivity contribution in [1.82, 2.24) is 24.4 Å². The SMILES string of the molecule is CCCn1c(=O)c(=O)[nH]c2cc(-c3noc([C@@H](NS(=O)(=O)c4ccc(C)cc4)C(C)C)n3)ccc21. The first-order valence-corrected chi connectivity index (χ1v) is 12.8. The number of fused-ring (bicyclic) bond motifs is 1. The van der Waals surface area contributed by atoms with E-state index in [1.54, 1.807) is 42.5 Å². The number of hydrogen-bond donors (Lipinski definition) is 2. The highest BCUT2D eigenvalue weighted by atomic mass is 32.2. The quantitative estimate of drug-likeness (QED) is 0.356. The van der Waals surface area contributed by atoms with E-state index in [-0.39, 0.29) is 22.5 Å². The van der Waals surface area contributed by atoms with Crippen LogP contribution in [0.25, 0.3) is 22.4 Å². The summed E-state index contributed by atoms with van der Waals surface area (Å²) in [5, 5.41) is 4.03. The molecule has 0 saturated carbocycles. The maximum absolute atomic E-state index is 12.9. The summed E-state index contributed by atoms with van der Waals surface area (Å²) < 4.78 is 35.4. The van der Waals surface area contributed by atoms with Crippen molar-refractivity contribution in [2.75, 3.05) is 0 Å². The van der Waals surface area contributed by atoms with Crippen molar-refractivity contribution < 1.29 is 12.9 Å². The number of sulfonamides is 1. The molecular formula is C24H27N5O5S. The van der Waals surface area contributed by atoms with Gasteiger partial charge in [-0.15, -0.1) is 0 Å². The molecule has 2 N–H and O–H groups in total. The first-order chi connectivity index (χ1) is 16.6.